The quantitative estimate of drug-likeness (QED) is 0.0352. The third-order valence-electron chi connectivity index (χ3n) is 30.7. The number of ether oxygens (including phenoxy) is 14. The fourth-order valence-corrected chi connectivity index (χ4v) is 20.5. The van der Waals surface area contributed by atoms with E-state index in [0.717, 1.165) is 98.9 Å². The molecule has 0 N–H and O–H groups in total. The largest absolute Gasteiger partial charge is 0.490 e. The Balaban J connectivity index is 0.000000139. The average molecular weight is 1900 g/mol. The maximum atomic E-state index is 12.5. The van der Waals surface area contributed by atoms with E-state index in [9.17, 15) is 9.59 Å². The molecule has 0 radical (unpaired) electrons. The van der Waals surface area contributed by atoms with Gasteiger partial charge >= 0.3 is 11.9 Å². The zero-order chi connectivity index (χ0) is 99.4. The Morgan fingerprint density at radius 3 is 0.847 bits per heavy atom. The zero-order valence-electron chi connectivity index (χ0n) is 88.0. The van der Waals surface area contributed by atoms with Gasteiger partial charge in [-0.05, 0) is 172 Å². The Hall–Kier alpha value is -7.81. The van der Waals surface area contributed by atoms with E-state index in [4.69, 9.17) is 77.9 Å². The number of hydrogen-bond acceptors (Lipinski definition) is 16. The molecule has 10 heterocycles. The van der Waals surface area contributed by atoms with Crippen LogP contribution in [-0.4, -0.2) is 103 Å². The minimum atomic E-state index is -0.529. The second-order valence-corrected chi connectivity index (χ2v) is 50.7. The first-order valence-electron chi connectivity index (χ1n) is 50.3. The number of carbonyl (C=O) groups excluding carboxylic acids is 2. The lowest BCUT2D eigenvalue weighted by Gasteiger charge is -2.50. The molecule has 16 nitrogen and oxygen atoms in total. The second-order valence-electron chi connectivity index (χ2n) is 50.3. The van der Waals surface area contributed by atoms with Gasteiger partial charge in [0.15, 0.2) is 0 Å². The first kappa shape index (κ1) is 105. The Morgan fingerprint density at radius 2 is 0.577 bits per heavy atom. The number of benzene rings is 8. The molecular weight excluding hydrogens is 1730 g/mol. The number of esters is 2. The summed E-state index contributed by atoms with van der Waals surface area (Å²) in [6, 6.07) is 62.5. The summed E-state index contributed by atoms with van der Waals surface area (Å²) >= 11 is 6.45. The molecule has 0 aliphatic carbocycles. The molecule has 10 saturated heterocycles. The molecule has 137 heavy (non-hydrogen) atoms. The highest BCUT2D eigenvalue weighted by molar-refractivity contribution is 6.31. The molecule has 0 amide bonds. The summed E-state index contributed by atoms with van der Waals surface area (Å²) in [4.78, 5) is 25.1. The number of rotatable bonds is 27. The zero-order valence-corrected chi connectivity index (χ0v) is 88.7. The molecule has 18 rings (SSSR count). The van der Waals surface area contributed by atoms with Crippen LogP contribution in [0.3, 0.4) is 0 Å². The predicted octanol–water partition coefficient (Wildman–Crippen LogP) is 29.2. The van der Waals surface area contributed by atoms with Crippen LogP contribution in [-0.2, 0) is 75.1 Å². The molecule has 0 saturated carbocycles. The summed E-state index contributed by atoms with van der Waals surface area (Å²) < 4.78 is 80.6. The van der Waals surface area contributed by atoms with Crippen LogP contribution in [0.4, 0.5) is 0 Å². The number of aryl methyl sites for hydroxylation is 2. The fraction of sp³-hybridized carbons (Fsp3) is 0.583. The van der Waals surface area contributed by atoms with Crippen LogP contribution in [0, 0.1) is 65.0 Å². The Labute approximate surface area is 825 Å². The molecule has 744 valence electrons. The molecule has 12 unspecified atom stereocenters. The van der Waals surface area contributed by atoms with E-state index in [1.807, 2.05) is 68.4 Å². The van der Waals surface area contributed by atoms with Gasteiger partial charge in [-0.25, -0.2) is 9.59 Å². The molecule has 10 aliphatic heterocycles. The van der Waals surface area contributed by atoms with Gasteiger partial charge in [0, 0.05) is 70.2 Å². The molecule has 10 fully saturated rings. The molecule has 8 aromatic carbocycles. The highest BCUT2D eigenvalue weighted by Gasteiger charge is 2.52. The second kappa shape index (κ2) is 40.5. The highest BCUT2D eigenvalue weighted by atomic mass is 35.5. The van der Waals surface area contributed by atoms with Gasteiger partial charge < -0.3 is 66.3 Å². The monoisotopic (exact) mass is 1890 g/mol. The topological polar surface area (TPSA) is 163 Å². The minimum Gasteiger partial charge on any atom is -0.490 e. The van der Waals surface area contributed by atoms with Crippen molar-refractivity contribution in [2.75, 3.05) is 79.3 Å². The van der Waals surface area contributed by atoms with Crippen LogP contribution in [0.25, 0.3) is 0 Å². The van der Waals surface area contributed by atoms with E-state index in [1.165, 1.54) is 68.5 Å². The first-order valence-corrected chi connectivity index (χ1v) is 50.7. The lowest BCUT2D eigenvalue weighted by atomic mass is 9.71. The smallest absolute Gasteiger partial charge is 0.338 e. The van der Waals surface area contributed by atoms with E-state index in [-0.39, 0.29) is 134 Å². The van der Waals surface area contributed by atoms with Crippen LogP contribution < -0.4 is 9.47 Å². The highest BCUT2D eigenvalue weighted by Crippen LogP contribution is 2.57. The summed E-state index contributed by atoms with van der Waals surface area (Å²) in [7, 11) is 0. The number of halogens is 1. The molecule has 0 bridgehead atoms. The van der Waals surface area contributed by atoms with E-state index in [0.29, 0.717) is 42.0 Å². The van der Waals surface area contributed by atoms with Crippen LogP contribution in [0.2, 0.25) is 5.02 Å². The molecular formula is C120H161ClO16. The van der Waals surface area contributed by atoms with Gasteiger partial charge in [-0.2, -0.15) is 0 Å². The maximum absolute atomic E-state index is 12.5. The predicted molar refractivity (Wildman–Crippen MR) is 545 cm³/mol. The van der Waals surface area contributed by atoms with Gasteiger partial charge in [-0.15, -0.1) is 0 Å². The Bertz CT molecular complexity index is 5190. The number of hydrogen-bond donors (Lipinski definition) is 0. The van der Waals surface area contributed by atoms with Crippen LogP contribution in [0.15, 0.2) is 182 Å². The summed E-state index contributed by atoms with van der Waals surface area (Å²) in [5.74, 6) is 0.899. The van der Waals surface area contributed by atoms with Crippen molar-refractivity contribution in [1.29, 1.82) is 0 Å². The van der Waals surface area contributed by atoms with Crippen molar-refractivity contribution in [2.24, 2.45) is 65.0 Å². The van der Waals surface area contributed by atoms with Crippen molar-refractivity contribution >= 4 is 23.5 Å². The average Bonchev–Trinajstić information content (AvgIpc) is 0.747. The van der Waals surface area contributed by atoms with Gasteiger partial charge in [0.1, 0.15) is 24.7 Å². The Morgan fingerprint density at radius 1 is 0.314 bits per heavy atom. The van der Waals surface area contributed by atoms with Gasteiger partial charge in [0.05, 0.1) is 150 Å². The summed E-state index contributed by atoms with van der Waals surface area (Å²) in [5, 5.41) is 0.793. The molecule has 8 aromatic rings. The van der Waals surface area contributed by atoms with Crippen molar-refractivity contribution < 1.29 is 75.9 Å². The van der Waals surface area contributed by atoms with Gasteiger partial charge in [-0.3, -0.25) is 0 Å². The van der Waals surface area contributed by atoms with E-state index in [1.54, 1.807) is 24.3 Å². The van der Waals surface area contributed by atoms with Gasteiger partial charge in [0.25, 0.3) is 0 Å². The van der Waals surface area contributed by atoms with Gasteiger partial charge in [0.2, 0.25) is 0 Å². The first-order chi connectivity index (χ1) is 64.0. The standard InChI is InChI=1S/C31H44O2.C29H36O6.C24H30O4.C20H30O2.C16H21ClO2/c1-21-30(5,6)27(32-21)25-13-9-23(10-14-25)17-19-29(3,4)20-18-24-11-15-26(16-12-24)28-31(7,8)22(2)33-28;1-27(2,15-34-25(30)21-11-7-19(8-12-21)23-28(3,4)17-32-23)16-35-26(31)22-13-9-20(10-14-22)24-29(5,6)18-33-24;1-23(2)15-27-21(23)17-5-9-19(10-6-17)25-13-14-26-20-11-7-18(8-12-20)22-24(3,4)16-28-22;1-18(2,3)15-9-8-13(16-19(4,5)11-21-16)10-14(15)17-20(6,7)12-22-17;1-15(2)8-18-13(15)10-5-6-11(12(17)7-10)14-16(3,4)9-19-14/h9-16,21-22,27-28H,17-20H2,1-8H3;7-14,23-24H,15-18H2,1-6H3;5-12,21-22H,13-16H2,1-4H3;8-10,16-17H,11-12H2,1-7H3;5-7,13-14H,8-9H2,1-4H3. The maximum Gasteiger partial charge on any atom is 0.338 e. The third kappa shape index (κ3) is 24.1. The summed E-state index contributed by atoms with van der Waals surface area (Å²) in [5.41, 5.74) is 19.1. The van der Waals surface area contributed by atoms with Crippen LogP contribution in [0.1, 0.15) is 368 Å². The normalized spacial score (nSPS) is 26.7. The fourth-order valence-electron chi connectivity index (χ4n) is 20.2. The molecule has 17 heteroatoms. The van der Waals surface area contributed by atoms with Crippen molar-refractivity contribution in [3.63, 3.8) is 0 Å². The Kier molecular flexibility index (Phi) is 31.1. The van der Waals surface area contributed by atoms with Crippen molar-refractivity contribution in [1.82, 2.24) is 0 Å². The van der Waals surface area contributed by atoms with E-state index >= 15 is 0 Å². The van der Waals surface area contributed by atoms with Crippen molar-refractivity contribution in [2.45, 2.75) is 305 Å². The molecule has 0 aromatic heterocycles. The minimum absolute atomic E-state index is 0.0516. The lowest BCUT2D eigenvalue weighted by Crippen LogP contribution is -2.48. The third-order valence-corrected chi connectivity index (χ3v) is 31.0. The van der Waals surface area contributed by atoms with Crippen molar-refractivity contribution in [3.8, 4) is 11.5 Å². The SMILES string of the molecule is CC(C)(C)c1ccc(C2OCC2(C)C)cc1C1OCC1(C)C.CC(C)(COC(=O)c1ccc(C2OCC2(C)C)cc1)COC(=O)c1ccc(C2OCC2(C)C)cc1.CC1(C)COC1c1ccc(C2OCC2(C)C)c(Cl)c1.CC1(C)COC1c1ccc(OCCOc2ccc(C3OCC3(C)C)cc2)cc1.CC1OC(c2ccc(CCC(C)(C)CCc3ccc(C4OC(C)C4(C)C)cc3)cc2)C1(C)C. The summed E-state index contributed by atoms with van der Waals surface area (Å²) in [6.45, 7) is 72.3. The van der Waals surface area contributed by atoms with Gasteiger partial charge in [-0.1, -0.05) is 326 Å². The van der Waals surface area contributed by atoms with E-state index < -0.39 is 17.4 Å². The molecule has 0 spiro atoms. The lowest BCUT2D eigenvalue weighted by molar-refractivity contribution is -0.230. The summed E-state index contributed by atoms with van der Waals surface area (Å²) in [6.07, 6.45) is 6.95. The van der Waals surface area contributed by atoms with E-state index in [2.05, 4.69) is 290 Å². The molecule has 12 atom stereocenters. The number of carbonyl (C=O) groups is 2. The van der Waals surface area contributed by atoms with Crippen LogP contribution >= 0.6 is 11.6 Å². The van der Waals surface area contributed by atoms with Crippen molar-refractivity contribution in [3.05, 3.63) is 270 Å². The molecule has 10 aliphatic rings. The van der Waals surface area contributed by atoms with Crippen LogP contribution in [0.5, 0.6) is 11.5 Å².